The minimum Gasteiger partial charge on any atom is -0.388 e. The average Bonchev–Trinajstić information content (AvgIpc) is 3.31. The summed E-state index contributed by atoms with van der Waals surface area (Å²) in [6.07, 6.45) is 10.4. The van der Waals surface area contributed by atoms with Crippen LogP contribution < -0.4 is 0 Å². The molecule has 1 amide bonds. The lowest BCUT2D eigenvalue weighted by Gasteiger charge is -2.44. The number of carbonyl (C=O) groups excluding carboxylic acids is 1. The highest BCUT2D eigenvalue weighted by molar-refractivity contribution is 5.95. The van der Waals surface area contributed by atoms with Crippen molar-refractivity contribution in [2.24, 2.45) is 7.05 Å². The van der Waals surface area contributed by atoms with Crippen molar-refractivity contribution in [1.29, 1.82) is 0 Å². The minimum absolute atomic E-state index is 0.0516. The Bertz CT molecular complexity index is 1040. The molecule has 0 aromatic carbocycles. The summed E-state index contributed by atoms with van der Waals surface area (Å²) in [4.78, 5) is 19.4. The van der Waals surface area contributed by atoms with E-state index in [0.717, 1.165) is 29.4 Å². The van der Waals surface area contributed by atoms with Crippen molar-refractivity contribution in [3.63, 3.8) is 0 Å². The second-order valence-electron chi connectivity index (χ2n) is 8.38. The fraction of sp³-hybridized carbons (Fsp3) is 0.476. The van der Waals surface area contributed by atoms with Gasteiger partial charge in [0.2, 0.25) is 0 Å². The highest BCUT2D eigenvalue weighted by Crippen LogP contribution is 2.42. The molecule has 0 spiro atoms. The third-order valence-corrected chi connectivity index (χ3v) is 6.59. The number of hydrogen-bond acceptors (Lipinski definition) is 4. The van der Waals surface area contributed by atoms with Gasteiger partial charge in [-0.15, -0.1) is 0 Å². The molecule has 2 saturated heterocycles. The van der Waals surface area contributed by atoms with E-state index >= 15 is 0 Å². The molecule has 3 aromatic heterocycles. The highest BCUT2D eigenvalue weighted by atomic mass is 16.3. The molecule has 2 bridgehead atoms. The monoisotopic (exact) mass is 379 g/mol. The zero-order valence-corrected chi connectivity index (χ0v) is 16.2. The number of aliphatic hydroxyl groups is 1. The Morgan fingerprint density at radius 3 is 2.68 bits per heavy atom. The molecule has 7 nitrogen and oxygen atoms in total. The zero-order chi connectivity index (χ0) is 19.5. The van der Waals surface area contributed by atoms with Crippen LogP contribution >= 0.6 is 0 Å². The fourth-order valence-corrected chi connectivity index (χ4v) is 5.11. The van der Waals surface area contributed by atoms with Crippen molar-refractivity contribution in [2.45, 2.75) is 56.8 Å². The summed E-state index contributed by atoms with van der Waals surface area (Å²) in [7, 11) is 1.85. The first-order valence-corrected chi connectivity index (χ1v) is 9.88. The van der Waals surface area contributed by atoms with Crippen LogP contribution in [0.15, 0.2) is 36.9 Å². The van der Waals surface area contributed by atoms with Crippen molar-refractivity contribution in [2.75, 3.05) is 0 Å². The Labute approximate surface area is 163 Å². The third-order valence-electron chi connectivity index (χ3n) is 6.59. The Hall–Kier alpha value is -2.67. The smallest absolute Gasteiger partial charge is 0.257 e. The van der Waals surface area contributed by atoms with E-state index in [0.29, 0.717) is 24.9 Å². The number of hydrogen-bond donors (Lipinski definition) is 1. The molecule has 2 aliphatic rings. The van der Waals surface area contributed by atoms with Crippen molar-refractivity contribution in [1.82, 2.24) is 24.2 Å². The maximum absolute atomic E-state index is 13.2. The quantitative estimate of drug-likeness (QED) is 0.757. The Morgan fingerprint density at radius 2 is 2.00 bits per heavy atom. The number of amides is 1. The van der Waals surface area contributed by atoms with Gasteiger partial charge >= 0.3 is 0 Å². The van der Waals surface area contributed by atoms with Crippen molar-refractivity contribution >= 4 is 16.8 Å². The van der Waals surface area contributed by atoms with E-state index in [1.165, 1.54) is 0 Å². The van der Waals surface area contributed by atoms with E-state index in [1.54, 1.807) is 17.1 Å². The fourth-order valence-electron chi connectivity index (χ4n) is 5.11. The number of rotatable bonds is 3. The van der Waals surface area contributed by atoms with Crippen LogP contribution in [0, 0.1) is 6.92 Å². The van der Waals surface area contributed by atoms with Gasteiger partial charge in [-0.3, -0.25) is 14.5 Å². The van der Waals surface area contributed by atoms with Gasteiger partial charge in [-0.05, 0) is 44.7 Å². The lowest BCUT2D eigenvalue weighted by molar-refractivity contribution is -0.0533. The molecule has 2 aliphatic heterocycles. The van der Waals surface area contributed by atoms with Gasteiger partial charge in [0, 0.05) is 42.6 Å². The van der Waals surface area contributed by atoms with Crippen LogP contribution in [-0.2, 0) is 13.6 Å². The number of nitrogens with zero attached hydrogens (tertiary/aromatic N) is 5. The van der Waals surface area contributed by atoms with Crippen molar-refractivity contribution in [3.8, 4) is 0 Å². The molecule has 0 unspecified atom stereocenters. The second-order valence-corrected chi connectivity index (χ2v) is 8.38. The molecule has 2 fully saturated rings. The van der Waals surface area contributed by atoms with Gasteiger partial charge < -0.3 is 14.6 Å². The summed E-state index contributed by atoms with van der Waals surface area (Å²) in [6, 6.07) is 4.20. The van der Waals surface area contributed by atoms with E-state index < -0.39 is 5.60 Å². The Kier molecular flexibility index (Phi) is 3.84. The largest absolute Gasteiger partial charge is 0.388 e. The molecule has 5 heterocycles. The topological polar surface area (TPSA) is 76.2 Å². The summed E-state index contributed by atoms with van der Waals surface area (Å²) in [5.74, 6) is 0.0516. The summed E-state index contributed by atoms with van der Waals surface area (Å²) >= 11 is 0. The first-order valence-electron chi connectivity index (χ1n) is 9.88. The molecule has 0 aliphatic carbocycles. The van der Waals surface area contributed by atoms with Crippen LogP contribution in [0.25, 0.3) is 10.9 Å². The molecular weight excluding hydrogens is 354 g/mol. The Morgan fingerprint density at radius 1 is 1.25 bits per heavy atom. The third kappa shape index (κ3) is 2.64. The number of aromatic nitrogens is 4. The van der Waals surface area contributed by atoms with E-state index in [-0.39, 0.29) is 18.0 Å². The molecular formula is C21H25N5O2. The van der Waals surface area contributed by atoms with Crippen LogP contribution in [-0.4, -0.2) is 52.9 Å². The predicted octanol–water partition coefficient (Wildman–Crippen LogP) is 2.28. The van der Waals surface area contributed by atoms with E-state index in [9.17, 15) is 9.90 Å². The molecule has 2 atom stereocenters. The molecule has 1 N–H and O–H groups in total. The number of pyridine rings is 1. The molecule has 7 heteroatoms. The zero-order valence-electron chi connectivity index (χ0n) is 16.2. The lowest BCUT2D eigenvalue weighted by atomic mass is 9.85. The van der Waals surface area contributed by atoms with Gasteiger partial charge in [0.25, 0.3) is 5.91 Å². The molecule has 5 rings (SSSR count). The average molecular weight is 379 g/mol. The number of carbonyl (C=O) groups is 1. The summed E-state index contributed by atoms with van der Waals surface area (Å²) in [5, 5.41) is 16.8. The van der Waals surface area contributed by atoms with Crippen LogP contribution in [0.3, 0.4) is 0 Å². The second kappa shape index (κ2) is 6.17. The van der Waals surface area contributed by atoms with Gasteiger partial charge in [-0.25, -0.2) is 0 Å². The highest BCUT2D eigenvalue weighted by Gasteiger charge is 2.49. The predicted molar refractivity (Wildman–Crippen MR) is 105 cm³/mol. The maximum atomic E-state index is 13.2. The molecule has 0 saturated carbocycles. The van der Waals surface area contributed by atoms with E-state index in [1.807, 2.05) is 37.3 Å². The van der Waals surface area contributed by atoms with Gasteiger partial charge in [0.15, 0.2) is 0 Å². The summed E-state index contributed by atoms with van der Waals surface area (Å²) < 4.78 is 3.82. The van der Waals surface area contributed by atoms with Crippen LogP contribution in [0.1, 0.15) is 41.7 Å². The van der Waals surface area contributed by atoms with Crippen molar-refractivity contribution < 1.29 is 9.90 Å². The maximum Gasteiger partial charge on any atom is 0.257 e. The molecule has 28 heavy (non-hydrogen) atoms. The van der Waals surface area contributed by atoms with Crippen LogP contribution in [0.4, 0.5) is 0 Å². The summed E-state index contributed by atoms with van der Waals surface area (Å²) in [5.41, 5.74) is 1.78. The lowest BCUT2D eigenvalue weighted by Crippen LogP contribution is -2.54. The minimum atomic E-state index is -0.811. The molecule has 146 valence electrons. The van der Waals surface area contributed by atoms with Crippen molar-refractivity contribution in [3.05, 3.63) is 48.2 Å². The van der Waals surface area contributed by atoms with E-state index in [2.05, 4.69) is 20.7 Å². The van der Waals surface area contributed by atoms with E-state index in [4.69, 9.17) is 0 Å². The van der Waals surface area contributed by atoms with Gasteiger partial charge in [0.05, 0.1) is 35.6 Å². The Balaban J connectivity index is 1.39. The van der Waals surface area contributed by atoms with Crippen LogP contribution in [0.2, 0.25) is 0 Å². The first kappa shape index (κ1) is 17.4. The van der Waals surface area contributed by atoms with Gasteiger partial charge in [0.1, 0.15) is 0 Å². The van der Waals surface area contributed by atoms with Crippen LogP contribution in [0.5, 0.6) is 0 Å². The summed E-state index contributed by atoms with van der Waals surface area (Å²) in [6.45, 7) is 2.46. The molecule has 0 radical (unpaired) electrons. The van der Waals surface area contributed by atoms with Gasteiger partial charge in [-0.1, -0.05) is 0 Å². The SMILES string of the molecule is Cc1c(C(=O)N2[C@H]3CC[C@H]2CC(O)(Cn2ccc4ccncc42)C3)cnn1C. The molecule has 3 aromatic rings. The number of aryl methyl sites for hydroxylation is 1. The number of piperidine rings is 1. The number of fused-ring (bicyclic) bond motifs is 3. The standard InChI is InChI=1S/C21H25N5O2/c1-14-18(11-23-24(14)2)20(27)26-16-3-4-17(26)10-21(28,9-16)13-25-8-6-15-5-7-22-12-19(15)25/h5-8,11-12,16-17,28H,3-4,9-10,13H2,1-2H3/t16-,17-/m0/s1. The first-order chi connectivity index (χ1) is 13.5. The van der Waals surface area contributed by atoms with Gasteiger partial charge in [-0.2, -0.15) is 5.10 Å². The normalized spacial score (nSPS) is 26.9.